The van der Waals surface area contributed by atoms with Crippen molar-refractivity contribution in [3.8, 4) is 0 Å². The highest BCUT2D eigenvalue weighted by Gasteiger charge is 2.36. The van der Waals surface area contributed by atoms with E-state index in [1.807, 2.05) is 30.3 Å². The summed E-state index contributed by atoms with van der Waals surface area (Å²) in [5.74, 6) is -0.210. The molecule has 5 aromatic carbocycles. The monoisotopic (exact) mass is 461 g/mol. The molecule has 1 heterocycles. The highest BCUT2D eigenvalue weighted by Crippen LogP contribution is 2.38. The van der Waals surface area contributed by atoms with Gasteiger partial charge in [0.2, 0.25) is 6.71 Å². The van der Waals surface area contributed by atoms with Crippen LogP contribution in [0.1, 0.15) is 31.8 Å². The summed E-state index contributed by atoms with van der Waals surface area (Å²) >= 11 is 0. The number of anilines is 3. The van der Waals surface area contributed by atoms with Crippen LogP contribution in [-0.4, -0.2) is 18.3 Å². The van der Waals surface area contributed by atoms with E-state index >= 15 is 0 Å². The van der Waals surface area contributed by atoms with Gasteiger partial charge in [-0.2, -0.15) is 0 Å². The second-order valence-electron chi connectivity index (χ2n) is 9.23. The molecular formula is C32H20BNO2. The van der Waals surface area contributed by atoms with Crippen LogP contribution in [0.5, 0.6) is 0 Å². The SMILES string of the molecule is O=C1c2ccccc2C(=O)c2cc(N3c4ccccc4B(c4ccccc4)c4ccccc43)ccc21. The number of benzene rings is 5. The van der Waals surface area contributed by atoms with Crippen LogP contribution in [0, 0.1) is 0 Å². The molecule has 168 valence electrons. The van der Waals surface area contributed by atoms with Gasteiger partial charge < -0.3 is 4.90 Å². The average Bonchev–Trinajstić information content (AvgIpc) is 2.94. The summed E-state index contributed by atoms with van der Waals surface area (Å²) in [7, 11) is 0. The molecule has 0 saturated carbocycles. The van der Waals surface area contributed by atoms with Gasteiger partial charge in [0.05, 0.1) is 0 Å². The van der Waals surface area contributed by atoms with E-state index in [2.05, 4.69) is 65.6 Å². The van der Waals surface area contributed by atoms with Gasteiger partial charge in [-0.3, -0.25) is 9.59 Å². The van der Waals surface area contributed by atoms with Crippen LogP contribution in [0.15, 0.2) is 121 Å². The fraction of sp³-hybridized carbons (Fsp3) is 0. The molecule has 1 aliphatic carbocycles. The molecule has 3 nitrogen and oxygen atoms in total. The molecule has 0 radical (unpaired) electrons. The van der Waals surface area contributed by atoms with Gasteiger partial charge in [0.25, 0.3) is 0 Å². The maximum atomic E-state index is 13.4. The molecule has 0 aromatic heterocycles. The lowest BCUT2D eigenvalue weighted by atomic mass is 9.35. The molecule has 1 aliphatic heterocycles. The van der Waals surface area contributed by atoms with E-state index in [1.54, 1.807) is 30.3 Å². The Morgan fingerprint density at radius 1 is 0.472 bits per heavy atom. The van der Waals surface area contributed by atoms with Crippen molar-refractivity contribution in [1.82, 2.24) is 0 Å². The molecular weight excluding hydrogens is 441 g/mol. The van der Waals surface area contributed by atoms with Crippen LogP contribution in [-0.2, 0) is 0 Å². The zero-order chi connectivity index (χ0) is 24.2. The van der Waals surface area contributed by atoms with E-state index in [1.165, 1.54) is 16.4 Å². The number of para-hydroxylation sites is 2. The summed E-state index contributed by atoms with van der Waals surface area (Å²) in [4.78, 5) is 28.8. The van der Waals surface area contributed by atoms with Crippen molar-refractivity contribution < 1.29 is 9.59 Å². The van der Waals surface area contributed by atoms with E-state index in [0.717, 1.165) is 17.1 Å². The van der Waals surface area contributed by atoms with Crippen molar-refractivity contribution in [2.45, 2.75) is 0 Å². The van der Waals surface area contributed by atoms with Gasteiger partial charge in [-0.1, -0.05) is 96.5 Å². The molecule has 0 N–H and O–H groups in total. The normalized spacial score (nSPS) is 13.6. The predicted molar refractivity (Wildman–Crippen MR) is 146 cm³/mol. The fourth-order valence-electron chi connectivity index (χ4n) is 5.68. The van der Waals surface area contributed by atoms with Crippen molar-refractivity contribution in [1.29, 1.82) is 0 Å². The molecule has 2 aliphatic rings. The maximum Gasteiger partial charge on any atom is 0.246 e. The van der Waals surface area contributed by atoms with Gasteiger partial charge in [-0.05, 0) is 41.3 Å². The number of nitrogens with zero attached hydrogens (tertiary/aromatic N) is 1. The molecule has 0 fully saturated rings. The number of carbonyl (C=O) groups excluding carboxylic acids is 2. The molecule has 4 heteroatoms. The molecule has 5 aromatic rings. The Bertz CT molecular complexity index is 1640. The summed E-state index contributed by atoms with van der Waals surface area (Å²) in [6, 6.07) is 40.1. The van der Waals surface area contributed by atoms with Crippen molar-refractivity contribution in [2.24, 2.45) is 0 Å². The van der Waals surface area contributed by atoms with E-state index in [4.69, 9.17) is 0 Å². The smallest absolute Gasteiger partial charge is 0.246 e. The minimum Gasteiger partial charge on any atom is -0.311 e. The molecule has 7 rings (SSSR count). The lowest BCUT2D eigenvalue weighted by Gasteiger charge is -2.37. The van der Waals surface area contributed by atoms with Gasteiger partial charge in [0.1, 0.15) is 0 Å². The fourth-order valence-corrected chi connectivity index (χ4v) is 5.68. The number of ketones is 2. The van der Waals surface area contributed by atoms with Gasteiger partial charge in [-0.25, -0.2) is 0 Å². The quantitative estimate of drug-likeness (QED) is 0.349. The summed E-state index contributed by atoms with van der Waals surface area (Å²) in [6.07, 6.45) is 0. The first-order valence-electron chi connectivity index (χ1n) is 12.1. The number of fused-ring (bicyclic) bond motifs is 4. The summed E-state index contributed by atoms with van der Waals surface area (Å²) in [5.41, 5.74) is 8.50. The first kappa shape index (κ1) is 20.7. The van der Waals surface area contributed by atoms with Crippen molar-refractivity contribution in [2.75, 3.05) is 4.90 Å². The third-order valence-electron chi connectivity index (χ3n) is 7.28. The van der Waals surface area contributed by atoms with Gasteiger partial charge in [0.15, 0.2) is 11.6 Å². The standard InChI is InChI=1S/C32H20BNO2/c35-31-23-12-4-5-13-24(23)32(36)26-20-22(18-19-25(26)31)34-29-16-8-6-14-27(29)33(21-10-2-1-3-11-21)28-15-7-9-17-30(28)34/h1-20H. The lowest BCUT2D eigenvalue weighted by Crippen LogP contribution is -2.57. The first-order valence-corrected chi connectivity index (χ1v) is 12.1. The Morgan fingerprint density at radius 2 is 0.972 bits per heavy atom. The molecule has 0 saturated heterocycles. The second-order valence-corrected chi connectivity index (χ2v) is 9.23. The largest absolute Gasteiger partial charge is 0.311 e. The summed E-state index contributed by atoms with van der Waals surface area (Å²) in [5, 5.41) is 0. The predicted octanol–water partition coefficient (Wildman–Crippen LogP) is 4.76. The van der Waals surface area contributed by atoms with Crippen LogP contribution < -0.4 is 21.3 Å². The molecule has 0 atom stereocenters. The average molecular weight is 461 g/mol. The van der Waals surface area contributed by atoms with Crippen LogP contribution in [0.4, 0.5) is 17.1 Å². The Morgan fingerprint density at radius 3 is 1.61 bits per heavy atom. The highest BCUT2D eigenvalue weighted by atomic mass is 16.1. The third kappa shape index (κ3) is 2.94. The Labute approximate surface area is 209 Å². The van der Waals surface area contributed by atoms with E-state index in [-0.39, 0.29) is 18.3 Å². The van der Waals surface area contributed by atoms with Gasteiger partial charge in [-0.15, -0.1) is 0 Å². The third-order valence-corrected chi connectivity index (χ3v) is 7.28. The molecule has 0 amide bonds. The van der Waals surface area contributed by atoms with Gasteiger partial charge in [0, 0.05) is 39.3 Å². The molecule has 0 bridgehead atoms. The molecule has 36 heavy (non-hydrogen) atoms. The highest BCUT2D eigenvalue weighted by molar-refractivity contribution is 6.98. The van der Waals surface area contributed by atoms with Gasteiger partial charge >= 0.3 is 0 Å². The minimum atomic E-state index is -0.109. The number of hydrogen-bond donors (Lipinski definition) is 0. The Balaban J connectivity index is 1.44. The minimum absolute atomic E-state index is 0.0996. The number of rotatable bonds is 2. The lowest BCUT2D eigenvalue weighted by molar-refractivity contribution is 0.0979. The van der Waals surface area contributed by atoms with Crippen LogP contribution in [0.2, 0.25) is 0 Å². The topological polar surface area (TPSA) is 37.4 Å². The van der Waals surface area contributed by atoms with E-state index in [9.17, 15) is 9.59 Å². The Hall–Kier alpha value is -4.70. The Kier molecular flexibility index (Phi) is 4.55. The zero-order valence-electron chi connectivity index (χ0n) is 19.4. The van der Waals surface area contributed by atoms with Crippen LogP contribution in [0.25, 0.3) is 0 Å². The second kappa shape index (κ2) is 7.93. The van der Waals surface area contributed by atoms with Crippen molar-refractivity contribution in [3.05, 3.63) is 144 Å². The molecule has 0 unspecified atom stereocenters. The molecule has 0 spiro atoms. The van der Waals surface area contributed by atoms with Crippen molar-refractivity contribution >= 4 is 51.7 Å². The van der Waals surface area contributed by atoms with Crippen LogP contribution >= 0.6 is 0 Å². The van der Waals surface area contributed by atoms with E-state index in [0.29, 0.717) is 22.3 Å². The van der Waals surface area contributed by atoms with Crippen LogP contribution in [0.3, 0.4) is 0 Å². The maximum absolute atomic E-state index is 13.4. The number of hydrogen-bond acceptors (Lipinski definition) is 3. The zero-order valence-corrected chi connectivity index (χ0v) is 19.4. The summed E-state index contributed by atoms with van der Waals surface area (Å²) in [6.45, 7) is 0.0996. The van der Waals surface area contributed by atoms with E-state index < -0.39 is 0 Å². The first-order chi connectivity index (χ1) is 17.7. The number of carbonyl (C=O) groups is 2. The summed E-state index contributed by atoms with van der Waals surface area (Å²) < 4.78 is 0. The van der Waals surface area contributed by atoms with Crippen molar-refractivity contribution in [3.63, 3.8) is 0 Å².